The average Bonchev–Trinajstić information content (AvgIpc) is 3.08. The fourth-order valence-corrected chi connectivity index (χ4v) is 3.58. The summed E-state index contributed by atoms with van der Waals surface area (Å²) in [4.78, 5) is 15.1. The fourth-order valence-electron chi connectivity index (χ4n) is 3.07. The van der Waals surface area contributed by atoms with E-state index < -0.39 is 11.7 Å². The summed E-state index contributed by atoms with van der Waals surface area (Å²) >= 11 is 3.55. The lowest BCUT2D eigenvalue weighted by atomic mass is 10.1. The lowest BCUT2D eigenvalue weighted by Gasteiger charge is -2.19. The van der Waals surface area contributed by atoms with Crippen LogP contribution in [0.2, 0.25) is 0 Å². The summed E-state index contributed by atoms with van der Waals surface area (Å²) in [6, 6.07) is 16.2. The van der Waals surface area contributed by atoms with Crippen LogP contribution in [0.1, 0.15) is 38.0 Å². The number of carbonyl (C=O) groups excluding carboxylic acids is 1. The minimum absolute atomic E-state index is 0.0649. The quantitative estimate of drug-likeness (QED) is 0.443. The Balaban J connectivity index is 1.67. The van der Waals surface area contributed by atoms with Gasteiger partial charge in [-0.1, -0.05) is 46.3 Å². The predicted octanol–water partition coefficient (Wildman–Crippen LogP) is 5.75. The zero-order valence-electron chi connectivity index (χ0n) is 17.0. The second kappa shape index (κ2) is 9.35. The van der Waals surface area contributed by atoms with E-state index in [2.05, 4.69) is 38.4 Å². The lowest BCUT2D eigenvalue weighted by molar-refractivity contribution is 0.0528. The third-order valence-electron chi connectivity index (χ3n) is 4.39. The van der Waals surface area contributed by atoms with Crippen LogP contribution in [0.15, 0.2) is 54.7 Å². The topological polar surface area (TPSA) is 63.3 Å². The zero-order valence-corrected chi connectivity index (χ0v) is 18.6. The molecule has 2 aromatic carbocycles. The highest BCUT2D eigenvalue weighted by molar-refractivity contribution is 9.09. The molecule has 0 fully saturated rings. The minimum Gasteiger partial charge on any atom is -0.485 e. The van der Waals surface area contributed by atoms with Gasteiger partial charge in [0, 0.05) is 29.0 Å². The summed E-state index contributed by atoms with van der Waals surface area (Å²) in [5.41, 5.74) is 2.79. The fraction of sp³-hybridized carbons (Fsp3) is 0.348. The van der Waals surface area contributed by atoms with E-state index in [0.29, 0.717) is 18.3 Å². The van der Waals surface area contributed by atoms with Crippen molar-refractivity contribution in [2.45, 2.75) is 38.9 Å². The van der Waals surface area contributed by atoms with Gasteiger partial charge >= 0.3 is 6.09 Å². The number of aromatic nitrogens is 1. The normalized spacial score (nSPS) is 12.6. The van der Waals surface area contributed by atoms with E-state index in [1.807, 2.05) is 63.4 Å². The van der Waals surface area contributed by atoms with E-state index in [9.17, 15) is 4.79 Å². The SMILES string of the molecule is CC(C)(C)OC(=O)NCCc1c[nH]c2ccc(OC(CBr)c3ccccc3)cc12. The molecule has 0 saturated carbocycles. The maximum Gasteiger partial charge on any atom is 0.407 e. The summed E-state index contributed by atoms with van der Waals surface area (Å²) in [5.74, 6) is 0.812. The molecule has 0 aliphatic carbocycles. The summed E-state index contributed by atoms with van der Waals surface area (Å²) in [5, 5.41) is 4.60. The van der Waals surface area contributed by atoms with Gasteiger partial charge in [-0.2, -0.15) is 0 Å². The Kier molecular flexibility index (Phi) is 6.85. The van der Waals surface area contributed by atoms with Crippen molar-refractivity contribution < 1.29 is 14.3 Å². The largest absolute Gasteiger partial charge is 0.485 e. The Morgan fingerprint density at radius 1 is 1.17 bits per heavy atom. The Labute approximate surface area is 179 Å². The van der Waals surface area contributed by atoms with Crippen molar-refractivity contribution in [3.8, 4) is 5.75 Å². The number of nitrogens with one attached hydrogen (secondary N) is 2. The van der Waals surface area contributed by atoms with E-state index in [4.69, 9.17) is 9.47 Å². The van der Waals surface area contributed by atoms with Crippen LogP contribution in [0, 0.1) is 0 Å². The first kappa shape index (κ1) is 21.2. The molecule has 6 heteroatoms. The summed E-state index contributed by atoms with van der Waals surface area (Å²) < 4.78 is 11.5. The first-order valence-electron chi connectivity index (χ1n) is 9.70. The van der Waals surface area contributed by atoms with E-state index in [-0.39, 0.29) is 6.10 Å². The number of halogens is 1. The van der Waals surface area contributed by atoms with Crippen molar-refractivity contribution in [3.05, 3.63) is 65.9 Å². The van der Waals surface area contributed by atoms with Crippen molar-refractivity contribution in [2.75, 3.05) is 11.9 Å². The molecule has 1 amide bonds. The molecule has 3 aromatic rings. The molecule has 0 aliphatic rings. The van der Waals surface area contributed by atoms with Crippen LogP contribution in [-0.4, -0.2) is 28.6 Å². The molecule has 1 heterocycles. The van der Waals surface area contributed by atoms with Crippen LogP contribution >= 0.6 is 15.9 Å². The van der Waals surface area contributed by atoms with Crippen LogP contribution < -0.4 is 10.1 Å². The van der Waals surface area contributed by atoms with Crippen LogP contribution in [0.5, 0.6) is 5.75 Å². The van der Waals surface area contributed by atoms with Crippen LogP contribution in [-0.2, 0) is 11.2 Å². The second-order valence-electron chi connectivity index (χ2n) is 7.87. The van der Waals surface area contributed by atoms with E-state index >= 15 is 0 Å². The van der Waals surface area contributed by atoms with Crippen molar-refractivity contribution in [2.24, 2.45) is 0 Å². The Hall–Kier alpha value is -2.47. The Morgan fingerprint density at radius 3 is 2.62 bits per heavy atom. The predicted molar refractivity (Wildman–Crippen MR) is 120 cm³/mol. The van der Waals surface area contributed by atoms with Crippen LogP contribution in [0.3, 0.4) is 0 Å². The highest BCUT2D eigenvalue weighted by atomic mass is 79.9. The van der Waals surface area contributed by atoms with Crippen molar-refractivity contribution >= 4 is 32.9 Å². The number of hydrogen-bond acceptors (Lipinski definition) is 3. The van der Waals surface area contributed by atoms with E-state index in [1.54, 1.807) is 0 Å². The number of fused-ring (bicyclic) bond motifs is 1. The van der Waals surface area contributed by atoms with Gasteiger partial charge in [0.2, 0.25) is 0 Å². The molecule has 0 aliphatic heterocycles. The zero-order chi connectivity index (χ0) is 20.9. The van der Waals surface area contributed by atoms with Crippen LogP contribution in [0.4, 0.5) is 4.79 Å². The number of carbonyl (C=O) groups is 1. The summed E-state index contributed by atoms with van der Waals surface area (Å²) in [7, 11) is 0. The van der Waals surface area contributed by atoms with Gasteiger partial charge in [0.15, 0.2) is 0 Å². The molecule has 5 nitrogen and oxygen atoms in total. The molecular formula is C23H27BrN2O3. The molecule has 2 N–H and O–H groups in total. The second-order valence-corrected chi connectivity index (χ2v) is 8.52. The number of ether oxygens (including phenoxy) is 2. The summed E-state index contributed by atoms with van der Waals surface area (Å²) in [6.45, 7) is 6.05. The van der Waals surface area contributed by atoms with Gasteiger partial charge in [0.1, 0.15) is 17.5 Å². The molecule has 3 rings (SSSR count). The monoisotopic (exact) mass is 458 g/mol. The number of alkyl carbamates (subject to hydrolysis) is 1. The number of benzene rings is 2. The molecule has 0 spiro atoms. The third-order valence-corrected chi connectivity index (χ3v) is 4.98. The maximum absolute atomic E-state index is 11.8. The smallest absolute Gasteiger partial charge is 0.407 e. The molecule has 1 unspecified atom stereocenters. The molecular weight excluding hydrogens is 432 g/mol. The minimum atomic E-state index is -0.498. The molecule has 0 radical (unpaired) electrons. The van der Waals surface area contributed by atoms with Gasteiger partial charge in [0.25, 0.3) is 0 Å². The molecule has 29 heavy (non-hydrogen) atoms. The first-order valence-corrected chi connectivity index (χ1v) is 10.8. The van der Waals surface area contributed by atoms with Gasteiger partial charge in [0.05, 0.1) is 0 Å². The molecule has 154 valence electrons. The van der Waals surface area contributed by atoms with Crippen molar-refractivity contribution in [1.29, 1.82) is 0 Å². The number of H-pyrrole nitrogens is 1. The number of aromatic amines is 1. The average molecular weight is 459 g/mol. The lowest BCUT2D eigenvalue weighted by Crippen LogP contribution is -2.33. The Bertz CT molecular complexity index is 948. The number of alkyl halides is 1. The van der Waals surface area contributed by atoms with Crippen LogP contribution in [0.25, 0.3) is 10.9 Å². The number of hydrogen-bond donors (Lipinski definition) is 2. The molecule has 0 bridgehead atoms. The van der Waals surface area contributed by atoms with E-state index in [1.165, 1.54) is 0 Å². The van der Waals surface area contributed by atoms with Gasteiger partial charge in [-0.15, -0.1) is 0 Å². The first-order chi connectivity index (χ1) is 13.9. The number of amides is 1. The van der Waals surface area contributed by atoms with Crippen molar-refractivity contribution in [3.63, 3.8) is 0 Å². The van der Waals surface area contributed by atoms with Gasteiger partial charge in [-0.05, 0) is 56.5 Å². The summed E-state index contributed by atoms with van der Waals surface area (Å²) in [6.07, 6.45) is 2.21. The van der Waals surface area contributed by atoms with E-state index in [0.717, 1.165) is 27.8 Å². The highest BCUT2D eigenvalue weighted by Gasteiger charge is 2.16. The van der Waals surface area contributed by atoms with Gasteiger partial charge < -0.3 is 19.8 Å². The molecule has 1 aromatic heterocycles. The maximum atomic E-state index is 11.8. The Morgan fingerprint density at radius 2 is 1.93 bits per heavy atom. The standard InChI is InChI=1S/C23H27BrN2O3/c1-23(2,3)29-22(27)25-12-11-17-15-26-20-10-9-18(13-19(17)20)28-21(14-24)16-7-5-4-6-8-16/h4-10,13,15,21,26H,11-12,14H2,1-3H3,(H,25,27). The number of rotatable bonds is 7. The third kappa shape index (κ3) is 6.00. The van der Waals surface area contributed by atoms with Gasteiger partial charge in [-0.3, -0.25) is 0 Å². The van der Waals surface area contributed by atoms with Crippen molar-refractivity contribution in [1.82, 2.24) is 10.3 Å². The molecule has 0 saturated heterocycles. The highest BCUT2D eigenvalue weighted by Crippen LogP contribution is 2.28. The molecule has 1 atom stereocenters. The van der Waals surface area contributed by atoms with Gasteiger partial charge in [-0.25, -0.2) is 4.79 Å².